The molecule has 0 bridgehead atoms. The van der Waals surface area contributed by atoms with E-state index < -0.39 is 0 Å². The number of ether oxygens (including phenoxy) is 1. The van der Waals surface area contributed by atoms with Crippen LogP contribution in [0.15, 0.2) is 30.3 Å². The number of nitrogens with one attached hydrogen (secondary N) is 1. The van der Waals surface area contributed by atoms with E-state index in [1.54, 1.807) is 12.1 Å². The van der Waals surface area contributed by atoms with Crippen molar-refractivity contribution < 1.29 is 14.3 Å². The Morgan fingerprint density at radius 3 is 2.59 bits per heavy atom. The van der Waals surface area contributed by atoms with Crippen LogP contribution in [0, 0.1) is 12.3 Å². The van der Waals surface area contributed by atoms with E-state index in [-0.39, 0.29) is 11.6 Å². The van der Waals surface area contributed by atoms with Crippen LogP contribution in [0.5, 0.6) is 0 Å². The molecule has 4 nitrogen and oxygen atoms in total. The SMILES string of the molecule is C#CCOCCCC(=O)CCCNCC(=O)c1ccccc1. The molecule has 0 fully saturated rings. The van der Waals surface area contributed by atoms with Crippen LogP contribution < -0.4 is 5.32 Å². The zero-order valence-corrected chi connectivity index (χ0v) is 12.8. The van der Waals surface area contributed by atoms with Gasteiger partial charge in [-0.3, -0.25) is 9.59 Å². The topological polar surface area (TPSA) is 55.4 Å². The zero-order chi connectivity index (χ0) is 16.0. The molecule has 0 aliphatic rings. The molecule has 0 heterocycles. The van der Waals surface area contributed by atoms with E-state index >= 15 is 0 Å². The second kappa shape index (κ2) is 11.7. The van der Waals surface area contributed by atoms with Crippen molar-refractivity contribution in [3.05, 3.63) is 35.9 Å². The Bertz CT molecular complexity index is 491. The first-order valence-electron chi connectivity index (χ1n) is 7.56. The first kappa shape index (κ1) is 18.1. The van der Waals surface area contributed by atoms with Gasteiger partial charge in [-0.05, 0) is 19.4 Å². The van der Waals surface area contributed by atoms with E-state index in [0.717, 1.165) is 6.42 Å². The molecule has 0 aliphatic carbocycles. The zero-order valence-electron chi connectivity index (χ0n) is 12.8. The summed E-state index contributed by atoms with van der Waals surface area (Å²) in [4.78, 5) is 23.4. The van der Waals surface area contributed by atoms with Crippen LogP contribution in [-0.2, 0) is 9.53 Å². The van der Waals surface area contributed by atoms with Crippen LogP contribution in [0.2, 0.25) is 0 Å². The predicted molar refractivity (Wildman–Crippen MR) is 86.8 cm³/mol. The third kappa shape index (κ3) is 8.35. The molecular formula is C18H23NO3. The Hall–Kier alpha value is -1.96. The van der Waals surface area contributed by atoms with Gasteiger partial charge >= 0.3 is 0 Å². The first-order chi connectivity index (χ1) is 10.7. The fourth-order valence-electron chi connectivity index (χ4n) is 1.97. The van der Waals surface area contributed by atoms with Gasteiger partial charge < -0.3 is 10.1 Å². The summed E-state index contributed by atoms with van der Waals surface area (Å²) in [6.07, 6.45) is 7.55. The number of carbonyl (C=O) groups excluding carboxylic acids is 2. The lowest BCUT2D eigenvalue weighted by atomic mass is 10.1. The average molecular weight is 301 g/mol. The van der Waals surface area contributed by atoms with Crippen LogP contribution in [0.1, 0.15) is 36.0 Å². The minimum atomic E-state index is 0.0672. The Balaban J connectivity index is 2.00. The Morgan fingerprint density at radius 1 is 1.14 bits per heavy atom. The fourth-order valence-corrected chi connectivity index (χ4v) is 1.97. The molecule has 118 valence electrons. The van der Waals surface area contributed by atoms with Gasteiger partial charge in [0.05, 0.1) is 6.54 Å². The maximum atomic E-state index is 11.8. The number of ketones is 2. The number of hydrogen-bond acceptors (Lipinski definition) is 4. The van der Waals surface area contributed by atoms with Crippen LogP contribution in [0.3, 0.4) is 0 Å². The smallest absolute Gasteiger partial charge is 0.176 e. The van der Waals surface area contributed by atoms with E-state index in [4.69, 9.17) is 11.2 Å². The van der Waals surface area contributed by atoms with Crippen molar-refractivity contribution in [1.82, 2.24) is 5.32 Å². The van der Waals surface area contributed by atoms with Gasteiger partial charge in [0.2, 0.25) is 0 Å². The number of benzene rings is 1. The third-order valence-electron chi connectivity index (χ3n) is 3.12. The molecule has 1 aromatic rings. The largest absolute Gasteiger partial charge is 0.369 e. The van der Waals surface area contributed by atoms with Crippen molar-refractivity contribution in [2.75, 3.05) is 26.3 Å². The van der Waals surface area contributed by atoms with Gasteiger partial charge in [0.1, 0.15) is 12.4 Å². The number of Topliss-reactive ketones (excluding diaryl/α,β-unsaturated/α-hetero) is 2. The predicted octanol–water partition coefficient (Wildman–Crippen LogP) is 2.24. The highest BCUT2D eigenvalue weighted by Gasteiger charge is 2.05. The van der Waals surface area contributed by atoms with Crippen molar-refractivity contribution in [1.29, 1.82) is 0 Å². The van der Waals surface area contributed by atoms with Crippen LogP contribution in [-0.4, -0.2) is 37.9 Å². The van der Waals surface area contributed by atoms with Gasteiger partial charge in [-0.15, -0.1) is 6.42 Å². The number of hydrogen-bond donors (Lipinski definition) is 1. The summed E-state index contributed by atoms with van der Waals surface area (Å²) in [6.45, 7) is 1.80. The molecule has 0 amide bonds. The van der Waals surface area contributed by atoms with E-state index in [1.807, 2.05) is 18.2 Å². The highest BCUT2D eigenvalue weighted by molar-refractivity contribution is 5.97. The molecule has 22 heavy (non-hydrogen) atoms. The summed E-state index contributed by atoms with van der Waals surface area (Å²) in [6, 6.07) is 9.18. The van der Waals surface area contributed by atoms with Crippen molar-refractivity contribution in [2.24, 2.45) is 0 Å². The molecule has 1 aromatic carbocycles. The van der Waals surface area contributed by atoms with E-state index in [0.29, 0.717) is 51.1 Å². The monoisotopic (exact) mass is 301 g/mol. The quantitative estimate of drug-likeness (QED) is 0.365. The summed E-state index contributed by atoms with van der Waals surface area (Å²) >= 11 is 0. The molecular weight excluding hydrogens is 278 g/mol. The van der Waals surface area contributed by atoms with E-state index in [2.05, 4.69) is 11.2 Å². The molecule has 0 saturated heterocycles. The minimum absolute atomic E-state index is 0.0672. The summed E-state index contributed by atoms with van der Waals surface area (Å²) in [7, 11) is 0. The van der Waals surface area contributed by atoms with Crippen molar-refractivity contribution in [3.63, 3.8) is 0 Å². The molecule has 4 heteroatoms. The Kier molecular flexibility index (Phi) is 9.60. The van der Waals surface area contributed by atoms with Gasteiger partial charge in [-0.25, -0.2) is 0 Å². The Labute approximate surface area is 132 Å². The van der Waals surface area contributed by atoms with E-state index in [9.17, 15) is 9.59 Å². The molecule has 0 saturated carbocycles. The van der Waals surface area contributed by atoms with E-state index in [1.165, 1.54) is 0 Å². The highest BCUT2D eigenvalue weighted by Crippen LogP contribution is 2.00. The molecule has 0 atom stereocenters. The van der Waals surface area contributed by atoms with Crippen LogP contribution in [0.4, 0.5) is 0 Å². The average Bonchev–Trinajstić information content (AvgIpc) is 2.55. The van der Waals surface area contributed by atoms with Crippen LogP contribution >= 0.6 is 0 Å². The second-order valence-corrected chi connectivity index (χ2v) is 4.97. The lowest BCUT2D eigenvalue weighted by Gasteiger charge is -2.04. The summed E-state index contributed by atoms with van der Waals surface area (Å²) in [5.74, 6) is 2.67. The lowest BCUT2D eigenvalue weighted by molar-refractivity contribution is -0.119. The lowest BCUT2D eigenvalue weighted by Crippen LogP contribution is -2.24. The summed E-state index contributed by atoms with van der Waals surface area (Å²) < 4.78 is 5.11. The van der Waals surface area contributed by atoms with Gasteiger partial charge in [0.25, 0.3) is 0 Å². The normalized spacial score (nSPS) is 10.1. The highest BCUT2D eigenvalue weighted by atomic mass is 16.5. The molecule has 0 unspecified atom stereocenters. The summed E-state index contributed by atoms with van der Waals surface area (Å²) in [5.41, 5.74) is 0.707. The molecule has 0 radical (unpaired) electrons. The minimum Gasteiger partial charge on any atom is -0.369 e. The number of rotatable bonds is 12. The van der Waals surface area contributed by atoms with Crippen molar-refractivity contribution in [3.8, 4) is 12.3 Å². The maximum Gasteiger partial charge on any atom is 0.176 e. The number of carbonyl (C=O) groups is 2. The van der Waals surface area contributed by atoms with Gasteiger partial charge in [0.15, 0.2) is 5.78 Å². The molecule has 1 rings (SSSR count). The third-order valence-corrected chi connectivity index (χ3v) is 3.12. The molecule has 0 aromatic heterocycles. The number of terminal acetylenes is 1. The standard InChI is InChI=1S/C18H23NO3/c1-2-13-22-14-7-11-17(20)10-6-12-19-15-18(21)16-8-4-3-5-9-16/h1,3-5,8-9,19H,6-7,10-15H2. The maximum absolute atomic E-state index is 11.8. The first-order valence-corrected chi connectivity index (χ1v) is 7.56. The van der Waals surface area contributed by atoms with Gasteiger partial charge in [0, 0.05) is 25.0 Å². The fraction of sp³-hybridized carbons (Fsp3) is 0.444. The van der Waals surface area contributed by atoms with Gasteiger partial charge in [-0.1, -0.05) is 36.3 Å². The molecule has 0 aliphatic heterocycles. The van der Waals surface area contributed by atoms with Crippen molar-refractivity contribution in [2.45, 2.75) is 25.7 Å². The molecule has 1 N–H and O–H groups in total. The van der Waals surface area contributed by atoms with Crippen molar-refractivity contribution >= 4 is 11.6 Å². The van der Waals surface area contributed by atoms with Gasteiger partial charge in [-0.2, -0.15) is 0 Å². The Morgan fingerprint density at radius 2 is 1.86 bits per heavy atom. The molecule has 0 spiro atoms. The summed E-state index contributed by atoms with van der Waals surface area (Å²) in [5, 5.41) is 3.07. The second-order valence-electron chi connectivity index (χ2n) is 4.97. The van der Waals surface area contributed by atoms with Crippen LogP contribution in [0.25, 0.3) is 0 Å².